The van der Waals surface area contributed by atoms with Gasteiger partial charge >= 0.3 is 0 Å². The Balaban J connectivity index is 1.89. The number of nitrogens with zero attached hydrogens (tertiary/aromatic N) is 7. The number of imidazole rings is 1. The number of anilines is 1. The lowest BCUT2D eigenvalue weighted by Gasteiger charge is -2.01. The first-order valence-corrected chi connectivity index (χ1v) is 8.31. The van der Waals surface area contributed by atoms with E-state index in [9.17, 15) is 4.79 Å². The standard InChI is InChI=1S/C16H18N10O/c1-4-26-12(10(17)8(3)24-26)15-21-14(22-23-15)11-9-5-19-7(2)6-25(9)16(20-11)13(18)27/h5-6H,4,17H2,1-3H3,(H2,18,27)(H,21,22,23). The van der Waals surface area contributed by atoms with Crippen LogP contribution in [0.3, 0.4) is 0 Å². The number of aromatic nitrogens is 8. The zero-order valence-corrected chi connectivity index (χ0v) is 15.1. The van der Waals surface area contributed by atoms with Gasteiger partial charge in [-0.2, -0.15) is 10.2 Å². The van der Waals surface area contributed by atoms with Gasteiger partial charge in [-0.3, -0.25) is 24.0 Å². The van der Waals surface area contributed by atoms with Gasteiger partial charge in [0.2, 0.25) is 11.6 Å². The van der Waals surface area contributed by atoms with Gasteiger partial charge in [-0.15, -0.1) is 0 Å². The van der Waals surface area contributed by atoms with Crippen molar-refractivity contribution in [3.63, 3.8) is 0 Å². The molecule has 5 N–H and O–H groups in total. The predicted molar refractivity (Wildman–Crippen MR) is 97.7 cm³/mol. The summed E-state index contributed by atoms with van der Waals surface area (Å²) < 4.78 is 3.34. The molecule has 4 rings (SSSR count). The minimum Gasteiger partial charge on any atom is -0.395 e. The summed E-state index contributed by atoms with van der Waals surface area (Å²) in [7, 11) is 0. The van der Waals surface area contributed by atoms with Gasteiger partial charge in [0, 0.05) is 12.7 Å². The fourth-order valence-electron chi connectivity index (χ4n) is 2.97. The fraction of sp³-hybridized carbons (Fsp3) is 0.250. The van der Waals surface area contributed by atoms with Gasteiger partial charge in [0.25, 0.3) is 5.91 Å². The number of nitrogens with one attached hydrogen (secondary N) is 1. The predicted octanol–water partition coefficient (Wildman–Crippen LogP) is 0.696. The SMILES string of the molecule is CCn1nc(C)c(N)c1-c1nc(-c2nc(C(N)=O)n3cc(C)ncc23)n[nH]1. The molecule has 11 nitrogen and oxygen atoms in total. The van der Waals surface area contributed by atoms with Crippen LogP contribution in [-0.2, 0) is 6.54 Å². The van der Waals surface area contributed by atoms with Crippen LogP contribution in [0.4, 0.5) is 5.69 Å². The molecule has 0 aliphatic carbocycles. The maximum absolute atomic E-state index is 11.8. The molecule has 27 heavy (non-hydrogen) atoms. The highest BCUT2D eigenvalue weighted by Gasteiger charge is 2.22. The minimum absolute atomic E-state index is 0.0887. The van der Waals surface area contributed by atoms with E-state index in [-0.39, 0.29) is 5.82 Å². The third-order valence-corrected chi connectivity index (χ3v) is 4.27. The third kappa shape index (κ3) is 2.51. The van der Waals surface area contributed by atoms with Gasteiger partial charge in [-0.1, -0.05) is 0 Å². The number of H-pyrrole nitrogens is 1. The number of hydrogen-bond donors (Lipinski definition) is 3. The Morgan fingerprint density at radius 1 is 1.30 bits per heavy atom. The van der Waals surface area contributed by atoms with Crippen molar-refractivity contribution in [3.8, 4) is 23.0 Å². The maximum Gasteiger partial charge on any atom is 0.285 e. The molecule has 0 saturated carbocycles. The van der Waals surface area contributed by atoms with Gasteiger partial charge in [0.05, 0.1) is 28.8 Å². The van der Waals surface area contributed by atoms with E-state index in [4.69, 9.17) is 11.5 Å². The molecular formula is C16H18N10O. The van der Waals surface area contributed by atoms with E-state index in [1.54, 1.807) is 21.5 Å². The monoisotopic (exact) mass is 366 g/mol. The van der Waals surface area contributed by atoms with Crippen molar-refractivity contribution in [1.82, 2.24) is 39.3 Å². The lowest BCUT2D eigenvalue weighted by Crippen LogP contribution is -2.15. The van der Waals surface area contributed by atoms with Gasteiger partial charge in [0.15, 0.2) is 5.82 Å². The minimum atomic E-state index is -0.651. The average molecular weight is 366 g/mol. The van der Waals surface area contributed by atoms with Crippen molar-refractivity contribution in [2.45, 2.75) is 27.3 Å². The van der Waals surface area contributed by atoms with Crippen molar-refractivity contribution in [1.29, 1.82) is 0 Å². The molecule has 0 aliphatic heterocycles. The highest BCUT2D eigenvalue weighted by atomic mass is 16.1. The second-order valence-electron chi connectivity index (χ2n) is 6.10. The van der Waals surface area contributed by atoms with E-state index in [0.29, 0.717) is 46.5 Å². The molecule has 11 heteroatoms. The van der Waals surface area contributed by atoms with E-state index < -0.39 is 5.91 Å². The van der Waals surface area contributed by atoms with E-state index in [2.05, 4.69) is 30.2 Å². The highest BCUT2D eigenvalue weighted by molar-refractivity contribution is 5.92. The molecule has 4 aromatic rings. The summed E-state index contributed by atoms with van der Waals surface area (Å²) in [4.78, 5) is 24.9. The third-order valence-electron chi connectivity index (χ3n) is 4.27. The number of rotatable bonds is 4. The zero-order valence-electron chi connectivity index (χ0n) is 15.1. The molecule has 0 bridgehead atoms. The Morgan fingerprint density at radius 2 is 2.07 bits per heavy atom. The van der Waals surface area contributed by atoms with Gasteiger partial charge < -0.3 is 11.5 Å². The number of carbonyl (C=O) groups is 1. The average Bonchev–Trinajstić information content (AvgIpc) is 3.31. The van der Waals surface area contributed by atoms with Gasteiger partial charge in [0.1, 0.15) is 11.4 Å². The molecular weight excluding hydrogens is 348 g/mol. The number of fused-ring (bicyclic) bond motifs is 1. The number of nitrogen functional groups attached to an aromatic ring is 1. The Hall–Kier alpha value is -3.76. The molecule has 4 heterocycles. The number of aromatic amines is 1. The van der Waals surface area contributed by atoms with Crippen LogP contribution in [-0.4, -0.2) is 45.2 Å². The normalized spacial score (nSPS) is 11.4. The van der Waals surface area contributed by atoms with Crippen molar-refractivity contribution >= 4 is 17.1 Å². The Labute approximate surface area is 153 Å². The second-order valence-corrected chi connectivity index (χ2v) is 6.10. The molecule has 0 fully saturated rings. The van der Waals surface area contributed by atoms with Crippen molar-refractivity contribution in [2.24, 2.45) is 5.73 Å². The fourth-order valence-corrected chi connectivity index (χ4v) is 2.97. The second kappa shape index (κ2) is 5.90. The highest BCUT2D eigenvalue weighted by Crippen LogP contribution is 2.28. The van der Waals surface area contributed by atoms with Gasteiger partial charge in [-0.25, -0.2) is 9.97 Å². The van der Waals surface area contributed by atoms with Crippen molar-refractivity contribution < 1.29 is 4.79 Å². The first kappa shape index (κ1) is 16.7. The van der Waals surface area contributed by atoms with E-state index in [1.165, 1.54) is 0 Å². The zero-order chi connectivity index (χ0) is 19.3. The molecule has 1 amide bonds. The van der Waals surface area contributed by atoms with Crippen LogP contribution in [0, 0.1) is 13.8 Å². The van der Waals surface area contributed by atoms with E-state index in [1.807, 2.05) is 20.8 Å². The van der Waals surface area contributed by atoms with Crippen LogP contribution in [0.5, 0.6) is 0 Å². The van der Waals surface area contributed by atoms with E-state index in [0.717, 1.165) is 5.69 Å². The first-order chi connectivity index (χ1) is 12.9. The lowest BCUT2D eigenvalue weighted by atomic mass is 10.3. The van der Waals surface area contributed by atoms with Crippen LogP contribution >= 0.6 is 0 Å². The summed E-state index contributed by atoms with van der Waals surface area (Å²) >= 11 is 0. The number of hydrogen-bond acceptors (Lipinski definition) is 7. The molecule has 0 saturated heterocycles. The lowest BCUT2D eigenvalue weighted by molar-refractivity contribution is 0.0990. The van der Waals surface area contributed by atoms with Crippen LogP contribution in [0.2, 0.25) is 0 Å². The molecule has 0 aliphatic rings. The van der Waals surface area contributed by atoms with E-state index >= 15 is 0 Å². The molecule has 0 unspecified atom stereocenters. The quantitative estimate of drug-likeness (QED) is 0.479. The smallest absolute Gasteiger partial charge is 0.285 e. The molecule has 0 spiro atoms. The van der Waals surface area contributed by atoms with Crippen LogP contribution in [0.15, 0.2) is 12.4 Å². The number of primary amides is 1. The van der Waals surface area contributed by atoms with Gasteiger partial charge in [-0.05, 0) is 20.8 Å². The number of carbonyl (C=O) groups excluding carboxylic acids is 1. The van der Waals surface area contributed by atoms with Crippen molar-refractivity contribution in [3.05, 3.63) is 29.6 Å². The van der Waals surface area contributed by atoms with Crippen molar-refractivity contribution in [2.75, 3.05) is 5.73 Å². The largest absolute Gasteiger partial charge is 0.395 e. The Morgan fingerprint density at radius 3 is 2.78 bits per heavy atom. The molecule has 138 valence electrons. The Bertz CT molecular complexity index is 1180. The summed E-state index contributed by atoms with van der Waals surface area (Å²) in [5, 5.41) is 11.5. The summed E-state index contributed by atoms with van der Waals surface area (Å²) in [5.41, 5.74) is 15.2. The summed E-state index contributed by atoms with van der Waals surface area (Å²) in [5.74, 6) is 0.209. The summed E-state index contributed by atoms with van der Waals surface area (Å²) in [6, 6.07) is 0. The molecule has 0 aromatic carbocycles. The topological polar surface area (TPSA) is 159 Å². The molecule has 4 aromatic heterocycles. The number of amides is 1. The van der Waals surface area contributed by atoms with Crippen LogP contribution < -0.4 is 11.5 Å². The molecule has 0 radical (unpaired) electrons. The number of aryl methyl sites for hydroxylation is 3. The summed E-state index contributed by atoms with van der Waals surface area (Å²) in [6.07, 6.45) is 3.29. The first-order valence-electron chi connectivity index (χ1n) is 8.31. The Kier molecular flexibility index (Phi) is 3.65. The van der Waals surface area contributed by atoms with Crippen LogP contribution in [0.1, 0.15) is 28.9 Å². The summed E-state index contributed by atoms with van der Waals surface area (Å²) in [6.45, 7) is 6.23. The molecule has 0 atom stereocenters. The number of nitrogens with two attached hydrogens (primary N) is 2. The maximum atomic E-state index is 11.8. The van der Waals surface area contributed by atoms with Crippen LogP contribution in [0.25, 0.3) is 28.6 Å².